The molecule has 0 saturated heterocycles. The molecule has 2 aliphatic rings. The van der Waals surface area contributed by atoms with E-state index < -0.39 is 0 Å². The highest BCUT2D eigenvalue weighted by atomic mass is 16.6. The molecule has 0 aliphatic carbocycles. The van der Waals surface area contributed by atoms with Gasteiger partial charge in [0.15, 0.2) is 17.6 Å². The minimum absolute atomic E-state index is 0.0788. The topological polar surface area (TPSA) is 74.3 Å². The first kappa shape index (κ1) is 24.8. The summed E-state index contributed by atoms with van der Waals surface area (Å²) >= 11 is 0. The molecule has 0 saturated carbocycles. The van der Waals surface area contributed by atoms with Crippen molar-refractivity contribution in [3.05, 3.63) is 89.0 Å². The molecule has 0 amide bonds. The van der Waals surface area contributed by atoms with Crippen molar-refractivity contribution in [1.29, 1.82) is 0 Å². The highest BCUT2D eigenvalue weighted by Gasteiger charge is 2.38. The van der Waals surface area contributed by atoms with Crippen LogP contribution in [0.15, 0.2) is 66.7 Å². The molecule has 0 radical (unpaired) electrons. The van der Waals surface area contributed by atoms with Crippen molar-refractivity contribution in [3.63, 3.8) is 0 Å². The number of hydrogen-bond donors (Lipinski definition) is 0. The lowest BCUT2D eigenvalue weighted by atomic mass is 9.89. The lowest BCUT2D eigenvalue weighted by Gasteiger charge is -2.41. The van der Waals surface area contributed by atoms with Gasteiger partial charge in [0, 0.05) is 19.5 Å². The molecule has 0 aromatic heterocycles. The molecule has 5 rings (SSSR count). The maximum atomic E-state index is 12.9. The van der Waals surface area contributed by atoms with Crippen molar-refractivity contribution < 1.29 is 28.5 Å². The van der Waals surface area contributed by atoms with Crippen LogP contribution in [0.25, 0.3) is 0 Å². The monoisotopic (exact) mass is 501 g/mol. The zero-order valence-electron chi connectivity index (χ0n) is 21.3. The van der Waals surface area contributed by atoms with Crippen LogP contribution in [0.4, 0.5) is 0 Å². The number of nitrogens with zero attached hydrogens (tertiary/aromatic N) is 1. The molecule has 192 valence electrons. The van der Waals surface area contributed by atoms with E-state index in [2.05, 4.69) is 24.0 Å². The number of ether oxygens (including phenoxy) is 4. The Kier molecular flexibility index (Phi) is 7.15. The van der Waals surface area contributed by atoms with Gasteiger partial charge in [0.25, 0.3) is 0 Å². The third kappa shape index (κ3) is 5.18. The fourth-order valence-corrected chi connectivity index (χ4v) is 5.27. The van der Waals surface area contributed by atoms with Crippen LogP contribution in [0.3, 0.4) is 0 Å². The zero-order chi connectivity index (χ0) is 25.9. The van der Waals surface area contributed by atoms with Crippen LogP contribution in [0.5, 0.6) is 17.2 Å². The van der Waals surface area contributed by atoms with Gasteiger partial charge in [-0.2, -0.15) is 0 Å². The van der Waals surface area contributed by atoms with E-state index in [4.69, 9.17) is 18.9 Å². The fourth-order valence-electron chi connectivity index (χ4n) is 5.27. The molecule has 37 heavy (non-hydrogen) atoms. The van der Waals surface area contributed by atoms with Gasteiger partial charge in [-0.15, -0.1) is 0 Å². The van der Waals surface area contributed by atoms with Crippen molar-refractivity contribution in [1.82, 2.24) is 4.90 Å². The Labute approximate surface area is 216 Å². The van der Waals surface area contributed by atoms with E-state index in [9.17, 15) is 9.59 Å². The number of methoxy groups -OCH3 is 1. The molecular formula is C30H31NO6. The maximum Gasteiger partial charge on any atom is 0.323 e. The summed E-state index contributed by atoms with van der Waals surface area (Å²) in [5.41, 5.74) is 4.29. The molecule has 0 bridgehead atoms. The van der Waals surface area contributed by atoms with Gasteiger partial charge in [0.1, 0.15) is 18.4 Å². The Morgan fingerprint density at radius 2 is 1.76 bits per heavy atom. The summed E-state index contributed by atoms with van der Waals surface area (Å²) in [5, 5.41) is 0. The Hall–Kier alpha value is -3.84. The first-order valence-electron chi connectivity index (χ1n) is 12.6. The smallest absolute Gasteiger partial charge is 0.323 e. The Bertz CT molecular complexity index is 1270. The molecule has 7 nitrogen and oxygen atoms in total. The fraction of sp³-hybridized carbons (Fsp3) is 0.333. The summed E-state index contributed by atoms with van der Waals surface area (Å²) in [6, 6.07) is 21.3. The molecule has 2 aliphatic heterocycles. The standard InChI is InChI=1S/C30H31NO6/c1-4-25(20-8-6-5-7-9-20)31-17-23-16-28-27(15-22(23)14-26(31)30(33)34-3)35-18-29(37-28)21-10-12-24(13-11-21)36-19(2)32/h5-13,15-16,25-26,29H,4,14,17-18H2,1-3H3. The van der Waals surface area contributed by atoms with Crippen molar-refractivity contribution in [2.75, 3.05) is 13.7 Å². The summed E-state index contributed by atoms with van der Waals surface area (Å²) in [6.45, 7) is 4.47. The van der Waals surface area contributed by atoms with Crippen LogP contribution < -0.4 is 14.2 Å². The van der Waals surface area contributed by atoms with Crippen molar-refractivity contribution in [2.45, 2.75) is 51.4 Å². The van der Waals surface area contributed by atoms with Crippen LogP contribution in [0.1, 0.15) is 54.7 Å². The highest BCUT2D eigenvalue weighted by molar-refractivity contribution is 5.77. The van der Waals surface area contributed by atoms with E-state index in [1.54, 1.807) is 12.1 Å². The zero-order valence-corrected chi connectivity index (χ0v) is 21.3. The molecule has 0 fully saturated rings. The molecular weight excluding hydrogens is 470 g/mol. The van der Waals surface area contributed by atoms with Gasteiger partial charge in [-0.25, -0.2) is 0 Å². The van der Waals surface area contributed by atoms with Gasteiger partial charge < -0.3 is 18.9 Å². The predicted octanol–water partition coefficient (Wildman–Crippen LogP) is 5.18. The van der Waals surface area contributed by atoms with Gasteiger partial charge in [-0.1, -0.05) is 49.4 Å². The molecule has 3 aromatic rings. The third-order valence-electron chi connectivity index (χ3n) is 7.05. The van der Waals surface area contributed by atoms with Crippen molar-refractivity contribution >= 4 is 11.9 Å². The molecule has 7 heteroatoms. The summed E-state index contributed by atoms with van der Waals surface area (Å²) in [5.74, 6) is 1.27. The largest absolute Gasteiger partial charge is 0.485 e. The number of fused-ring (bicyclic) bond motifs is 2. The highest BCUT2D eigenvalue weighted by Crippen LogP contribution is 2.42. The quantitative estimate of drug-likeness (QED) is 0.341. The second-order valence-corrected chi connectivity index (χ2v) is 9.40. The van der Waals surface area contributed by atoms with E-state index in [0.717, 1.165) is 23.1 Å². The number of hydrogen-bond acceptors (Lipinski definition) is 7. The number of benzene rings is 3. The molecule has 3 aromatic carbocycles. The van der Waals surface area contributed by atoms with E-state index in [0.29, 0.717) is 36.8 Å². The summed E-state index contributed by atoms with van der Waals surface area (Å²) in [7, 11) is 1.45. The lowest BCUT2D eigenvalue weighted by molar-refractivity contribution is -0.149. The van der Waals surface area contributed by atoms with Crippen LogP contribution in [0.2, 0.25) is 0 Å². The third-order valence-corrected chi connectivity index (χ3v) is 7.05. The first-order chi connectivity index (χ1) is 18.0. The van der Waals surface area contributed by atoms with E-state index in [1.165, 1.54) is 19.6 Å². The Morgan fingerprint density at radius 3 is 2.43 bits per heavy atom. The number of esters is 2. The average molecular weight is 502 g/mol. The predicted molar refractivity (Wildman–Crippen MR) is 138 cm³/mol. The van der Waals surface area contributed by atoms with Gasteiger partial charge in [0.2, 0.25) is 0 Å². The number of rotatable bonds is 6. The van der Waals surface area contributed by atoms with Crippen LogP contribution in [-0.2, 0) is 27.3 Å². The van der Waals surface area contributed by atoms with Crippen LogP contribution in [-0.4, -0.2) is 36.6 Å². The van der Waals surface area contributed by atoms with Gasteiger partial charge in [-0.3, -0.25) is 14.5 Å². The maximum absolute atomic E-state index is 12.9. The molecule has 2 heterocycles. The second-order valence-electron chi connectivity index (χ2n) is 9.40. The van der Waals surface area contributed by atoms with Crippen LogP contribution in [0, 0.1) is 0 Å². The first-order valence-corrected chi connectivity index (χ1v) is 12.6. The Balaban J connectivity index is 1.42. The van der Waals surface area contributed by atoms with Crippen molar-refractivity contribution in [2.24, 2.45) is 0 Å². The molecule has 3 unspecified atom stereocenters. The minimum Gasteiger partial charge on any atom is -0.485 e. The summed E-state index contributed by atoms with van der Waals surface area (Å²) < 4.78 is 22.8. The normalized spacial score (nSPS) is 19.4. The molecule has 3 atom stereocenters. The van der Waals surface area contributed by atoms with Gasteiger partial charge >= 0.3 is 11.9 Å². The second kappa shape index (κ2) is 10.6. The van der Waals surface area contributed by atoms with Crippen LogP contribution >= 0.6 is 0 Å². The van der Waals surface area contributed by atoms with Crippen molar-refractivity contribution in [3.8, 4) is 17.2 Å². The SMILES string of the molecule is CCC(c1ccccc1)N1Cc2cc3c(cc2CC1C(=O)OC)OCC(c1ccc(OC(C)=O)cc1)O3. The summed E-state index contributed by atoms with van der Waals surface area (Å²) in [4.78, 5) is 26.3. The lowest BCUT2D eigenvalue weighted by Crippen LogP contribution is -2.47. The van der Waals surface area contributed by atoms with Gasteiger partial charge in [-0.05, 0) is 59.4 Å². The van der Waals surface area contributed by atoms with Gasteiger partial charge in [0.05, 0.1) is 7.11 Å². The average Bonchev–Trinajstić information content (AvgIpc) is 2.92. The Morgan fingerprint density at radius 1 is 1.03 bits per heavy atom. The number of carbonyl (C=O) groups is 2. The molecule has 0 spiro atoms. The number of carbonyl (C=O) groups excluding carboxylic acids is 2. The minimum atomic E-state index is -0.381. The van der Waals surface area contributed by atoms with E-state index in [-0.39, 0.29) is 30.1 Å². The summed E-state index contributed by atoms with van der Waals surface area (Å²) in [6.07, 6.45) is 1.12. The van der Waals surface area contributed by atoms with E-state index in [1.807, 2.05) is 42.5 Å². The van der Waals surface area contributed by atoms with E-state index >= 15 is 0 Å². The molecule has 0 N–H and O–H groups in total.